The predicted molar refractivity (Wildman–Crippen MR) is 47.0 cm³/mol. The van der Waals surface area contributed by atoms with Crippen molar-refractivity contribution in [1.82, 2.24) is 0 Å². The Bertz CT molecular complexity index is 119. The average molecular weight is 174 g/mol. The molecule has 0 fully saturated rings. The van der Waals surface area contributed by atoms with E-state index in [1.807, 2.05) is 0 Å². The van der Waals surface area contributed by atoms with Crippen LogP contribution in [0.15, 0.2) is 0 Å². The summed E-state index contributed by atoms with van der Waals surface area (Å²) in [6.07, 6.45) is 3.56. The van der Waals surface area contributed by atoms with Gasteiger partial charge in [0.2, 0.25) is 0 Å². The Labute approximate surface area is 74.0 Å². The first-order valence-corrected chi connectivity index (χ1v) is 4.34. The highest BCUT2D eigenvalue weighted by molar-refractivity contribution is 5.68. The fraction of sp³-hybridized carbons (Fsp3) is 0.889. The third-order valence-corrected chi connectivity index (χ3v) is 1.92. The molecule has 0 aliphatic heterocycles. The molecule has 3 heteroatoms. The van der Waals surface area contributed by atoms with Gasteiger partial charge in [-0.25, -0.2) is 0 Å². The van der Waals surface area contributed by atoms with Crippen LogP contribution in [0, 0.1) is 0 Å². The number of carbonyl (C=O) groups excluding carboxylic acids is 1. The van der Waals surface area contributed by atoms with Crippen molar-refractivity contribution in [1.29, 1.82) is 0 Å². The highest BCUT2D eigenvalue weighted by atomic mass is 16.5. The molecule has 0 aliphatic rings. The number of ether oxygens (including phenoxy) is 2. The third-order valence-electron chi connectivity index (χ3n) is 1.92. The van der Waals surface area contributed by atoms with Crippen LogP contribution in [0.3, 0.4) is 0 Å². The van der Waals surface area contributed by atoms with Crippen molar-refractivity contribution in [2.45, 2.75) is 38.7 Å². The van der Waals surface area contributed by atoms with E-state index in [4.69, 9.17) is 4.74 Å². The molecule has 0 aromatic carbocycles. The van der Waals surface area contributed by atoms with Gasteiger partial charge in [-0.2, -0.15) is 0 Å². The highest BCUT2D eigenvalue weighted by Crippen LogP contribution is 2.07. The van der Waals surface area contributed by atoms with E-state index in [1.165, 1.54) is 7.11 Å². The smallest absolute Gasteiger partial charge is 0.305 e. The second kappa shape index (κ2) is 7.10. The first-order chi connectivity index (χ1) is 5.74. The third kappa shape index (κ3) is 5.13. The van der Waals surface area contributed by atoms with E-state index in [2.05, 4.69) is 11.7 Å². The lowest BCUT2D eigenvalue weighted by molar-refractivity contribution is -0.140. The Hall–Kier alpha value is -0.570. The van der Waals surface area contributed by atoms with E-state index >= 15 is 0 Å². The number of methoxy groups -OCH3 is 2. The van der Waals surface area contributed by atoms with Gasteiger partial charge < -0.3 is 9.47 Å². The topological polar surface area (TPSA) is 35.5 Å². The summed E-state index contributed by atoms with van der Waals surface area (Å²) in [5.74, 6) is -0.138. The van der Waals surface area contributed by atoms with Gasteiger partial charge in [-0.3, -0.25) is 4.79 Å². The van der Waals surface area contributed by atoms with E-state index in [0.717, 1.165) is 19.3 Å². The number of esters is 1. The van der Waals surface area contributed by atoms with E-state index in [9.17, 15) is 4.79 Å². The lowest BCUT2D eigenvalue weighted by atomic mass is 10.1. The second-order valence-electron chi connectivity index (χ2n) is 2.73. The van der Waals surface area contributed by atoms with Crippen molar-refractivity contribution < 1.29 is 14.3 Å². The SMILES string of the molecule is CCC(CCCC(=O)OC)OC. The minimum Gasteiger partial charge on any atom is -0.469 e. The number of rotatable bonds is 6. The van der Waals surface area contributed by atoms with Crippen LogP contribution in [0.2, 0.25) is 0 Å². The van der Waals surface area contributed by atoms with Crippen LogP contribution in [0.4, 0.5) is 0 Å². The summed E-state index contributed by atoms with van der Waals surface area (Å²) in [6, 6.07) is 0. The van der Waals surface area contributed by atoms with Gasteiger partial charge in [-0.05, 0) is 19.3 Å². The zero-order valence-electron chi connectivity index (χ0n) is 8.13. The van der Waals surface area contributed by atoms with Crippen molar-refractivity contribution in [2.24, 2.45) is 0 Å². The molecular weight excluding hydrogens is 156 g/mol. The van der Waals surface area contributed by atoms with Crippen molar-refractivity contribution in [2.75, 3.05) is 14.2 Å². The molecule has 0 N–H and O–H groups in total. The quantitative estimate of drug-likeness (QED) is 0.575. The Morgan fingerprint density at radius 1 is 1.42 bits per heavy atom. The molecule has 0 rings (SSSR count). The molecule has 0 aliphatic carbocycles. The molecule has 0 saturated heterocycles. The minimum absolute atomic E-state index is 0.138. The van der Waals surface area contributed by atoms with Crippen LogP contribution in [0.25, 0.3) is 0 Å². The van der Waals surface area contributed by atoms with Crippen molar-refractivity contribution in [3.05, 3.63) is 0 Å². The van der Waals surface area contributed by atoms with E-state index in [0.29, 0.717) is 6.42 Å². The summed E-state index contributed by atoms with van der Waals surface area (Å²) in [5.41, 5.74) is 0. The fourth-order valence-corrected chi connectivity index (χ4v) is 1.06. The summed E-state index contributed by atoms with van der Waals surface area (Å²) in [4.78, 5) is 10.7. The van der Waals surface area contributed by atoms with Gasteiger partial charge in [-0.15, -0.1) is 0 Å². The van der Waals surface area contributed by atoms with Gasteiger partial charge in [0.1, 0.15) is 0 Å². The molecule has 1 atom stereocenters. The van der Waals surface area contributed by atoms with Gasteiger partial charge >= 0.3 is 5.97 Å². The zero-order valence-corrected chi connectivity index (χ0v) is 8.13. The number of carbonyl (C=O) groups is 1. The number of hydrogen-bond acceptors (Lipinski definition) is 3. The standard InChI is InChI=1S/C9H18O3/c1-4-8(11-2)6-5-7-9(10)12-3/h8H,4-7H2,1-3H3. The Kier molecular flexibility index (Phi) is 6.76. The molecule has 0 amide bonds. The van der Waals surface area contributed by atoms with Crippen LogP contribution >= 0.6 is 0 Å². The lowest BCUT2D eigenvalue weighted by Gasteiger charge is -2.11. The maximum atomic E-state index is 10.7. The van der Waals surface area contributed by atoms with Crippen LogP contribution in [0.1, 0.15) is 32.6 Å². The summed E-state index contributed by atoms with van der Waals surface area (Å²) >= 11 is 0. The van der Waals surface area contributed by atoms with Crippen molar-refractivity contribution >= 4 is 5.97 Å². The summed E-state index contributed by atoms with van der Waals surface area (Å²) in [5, 5.41) is 0. The van der Waals surface area contributed by atoms with Crippen LogP contribution < -0.4 is 0 Å². The molecule has 0 radical (unpaired) electrons. The maximum Gasteiger partial charge on any atom is 0.305 e. The molecule has 3 nitrogen and oxygen atoms in total. The average Bonchev–Trinajstić information content (AvgIpc) is 2.12. The van der Waals surface area contributed by atoms with Crippen LogP contribution in [0.5, 0.6) is 0 Å². The molecule has 0 heterocycles. The van der Waals surface area contributed by atoms with Crippen LogP contribution in [-0.4, -0.2) is 26.3 Å². The van der Waals surface area contributed by atoms with Gasteiger partial charge in [0, 0.05) is 13.5 Å². The van der Waals surface area contributed by atoms with E-state index in [-0.39, 0.29) is 12.1 Å². The molecule has 72 valence electrons. The predicted octanol–water partition coefficient (Wildman–Crippen LogP) is 1.75. The Balaban J connectivity index is 3.34. The fourth-order valence-electron chi connectivity index (χ4n) is 1.06. The number of hydrogen-bond donors (Lipinski definition) is 0. The first kappa shape index (κ1) is 11.4. The van der Waals surface area contributed by atoms with Gasteiger partial charge in [0.15, 0.2) is 0 Å². The first-order valence-electron chi connectivity index (χ1n) is 4.34. The summed E-state index contributed by atoms with van der Waals surface area (Å²) in [7, 11) is 3.11. The largest absolute Gasteiger partial charge is 0.469 e. The van der Waals surface area contributed by atoms with Crippen LogP contribution in [-0.2, 0) is 14.3 Å². The molecule has 0 bridgehead atoms. The molecule has 0 aromatic heterocycles. The molecular formula is C9H18O3. The minimum atomic E-state index is -0.138. The normalized spacial score (nSPS) is 12.6. The zero-order chi connectivity index (χ0) is 9.40. The maximum absolute atomic E-state index is 10.7. The lowest BCUT2D eigenvalue weighted by Crippen LogP contribution is -2.10. The Morgan fingerprint density at radius 2 is 2.08 bits per heavy atom. The van der Waals surface area contributed by atoms with Crippen molar-refractivity contribution in [3.8, 4) is 0 Å². The van der Waals surface area contributed by atoms with Gasteiger partial charge in [-0.1, -0.05) is 6.92 Å². The Morgan fingerprint density at radius 3 is 2.50 bits per heavy atom. The second-order valence-corrected chi connectivity index (χ2v) is 2.73. The van der Waals surface area contributed by atoms with Crippen molar-refractivity contribution in [3.63, 3.8) is 0 Å². The van der Waals surface area contributed by atoms with Gasteiger partial charge in [0.25, 0.3) is 0 Å². The van der Waals surface area contributed by atoms with E-state index in [1.54, 1.807) is 7.11 Å². The molecule has 1 unspecified atom stereocenters. The summed E-state index contributed by atoms with van der Waals surface area (Å²) in [6.45, 7) is 2.08. The monoisotopic (exact) mass is 174 g/mol. The molecule has 0 aromatic rings. The molecule has 0 spiro atoms. The van der Waals surface area contributed by atoms with E-state index < -0.39 is 0 Å². The van der Waals surface area contributed by atoms with Gasteiger partial charge in [0.05, 0.1) is 13.2 Å². The highest BCUT2D eigenvalue weighted by Gasteiger charge is 2.05. The molecule has 0 saturated carbocycles. The molecule has 12 heavy (non-hydrogen) atoms. The summed E-state index contributed by atoms with van der Waals surface area (Å²) < 4.78 is 9.68.